The molecule has 16 aromatic rings. The summed E-state index contributed by atoms with van der Waals surface area (Å²) >= 11 is 25.5. The molecule has 0 bridgehead atoms. The molecule has 134 heavy (non-hydrogen) atoms. The van der Waals surface area contributed by atoms with Gasteiger partial charge in [-0.3, -0.25) is 29.7 Å². The average molecular weight is 2000 g/mol. The number of aromatic amines is 5. The Morgan fingerprint density at radius 1 is 0.403 bits per heavy atom. The molecule has 22 nitrogen and oxygen atoms in total. The first-order valence-electron chi connectivity index (χ1n) is 43.6. The summed E-state index contributed by atoms with van der Waals surface area (Å²) in [4.78, 5) is 85.1. The van der Waals surface area contributed by atoms with Crippen LogP contribution in [0.25, 0.3) is 54.5 Å². The smallest absolute Gasteiger partial charge is 0.416 e. The first kappa shape index (κ1) is 92.8. The number of non-ortho nitro benzene ring substituents is 1. The molecule has 0 spiro atoms. The van der Waals surface area contributed by atoms with Gasteiger partial charge in [-0.05, 0) is 248 Å². The maximum Gasteiger partial charge on any atom is 0.416 e. The maximum atomic E-state index is 14.2. The molecule has 21 rings (SSSR count). The summed E-state index contributed by atoms with van der Waals surface area (Å²) in [7, 11) is 0. The van der Waals surface area contributed by atoms with Crippen molar-refractivity contribution in [3.05, 3.63) is 384 Å². The normalized spacial score (nSPS) is 16.6. The van der Waals surface area contributed by atoms with E-state index in [1.165, 1.54) is 64.4 Å². The highest BCUT2D eigenvalue weighted by molar-refractivity contribution is 9.10. The molecule has 10 heterocycles. The molecule has 5 atom stereocenters. The summed E-state index contributed by atoms with van der Waals surface area (Å²) in [6.07, 6.45) is 2.45. The van der Waals surface area contributed by atoms with E-state index in [9.17, 15) is 56.5 Å². The predicted octanol–water partition coefficient (Wildman–Crippen LogP) is 26.1. The van der Waals surface area contributed by atoms with Gasteiger partial charge in [0, 0.05) is 163 Å². The van der Waals surface area contributed by atoms with Gasteiger partial charge in [0.2, 0.25) is 0 Å². The van der Waals surface area contributed by atoms with Gasteiger partial charge in [-0.1, -0.05) is 146 Å². The number of ether oxygens (including phenoxy) is 4. The predicted molar refractivity (Wildman–Crippen MR) is 512 cm³/mol. The van der Waals surface area contributed by atoms with Crippen LogP contribution < -0.4 is 4.74 Å². The summed E-state index contributed by atoms with van der Waals surface area (Å²) in [6, 6.07) is 65.7. The van der Waals surface area contributed by atoms with Gasteiger partial charge in [0.25, 0.3) is 5.69 Å². The molecular formula is C102H87Br2Cl3F5N11O11. The topological polar surface area (TPSA) is 264 Å². The summed E-state index contributed by atoms with van der Waals surface area (Å²) in [5, 5.41) is 29.5. The number of nitro benzene ring substituents is 1. The molecule has 0 saturated carbocycles. The van der Waals surface area contributed by atoms with Gasteiger partial charge >= 0.3 is 24.4 Å². The van der Waals surface area contributed by atoms with Crippen LogP contribution in [-0.4, -0.2) is 137 Å². The van der Waals surface area contributed by atoms with Crippen LogP contribution >= 0.6 is 66.7 Å². The number of nitro groups is 1. The zero-order valence-electron chi connectivity index (χ0n) is 72.3. The molecule has 32 heteroatoms. The fraction of sp³-hybridized carbons (Fsp3) is 0.216. The lowest BCUT2D eigenvalue weighted by Gasteiger charge is -2.35. The minimum atomic E-state index is -0.927. The number of hydrogen-bond acceptors (Lipinski definition) is 12. The Balaban J connectivity index is 0.000000117. The minimum Gasteiger partial charge on any atom is -0.450 e. The molecule has 5 aromatic heterocycles. The van der Waals surface area contributed by atoms with E-state index in [0.29, 0.717) is 103 Å². The molecule has 6 N–H and O–H groups in total. The Hall–Kier alpha value is -13.0. The van der Waals surface area contributed by atoms with Crippen molar-refractivity contribution in [3.63, 3.8) is 0 Å². The summed E-state index contributed by atoms with van der Waals surface area (Å²) in [6.45, 7) is 8.58. The number of halogens is 10. The molecule has 0 fully saturated rings. The van der Waals surface area contributed by atoms with Crippen molar-refractivity contribution in [2.45, 2.75) is 89.5 Å². The lowest BCUT2D eigenvalue weighted by Crippen LogP contribution is -2.42. The monoisotopic (exact) mass is 2000 g/mol. The Bertz CT molecular complexity index is 7110. The van der Waals surface area contributed by atoms with E-state index in [1.54, 1.807) is 60.0 Å². The van der Waals surface area contributed by atoms with E-state index < -0.39 is 64.5 Å². The third-order valence-electron chi connectivity index (χ3n) is 24.4. The highest BCUT2D eigenvalue weighted by Gasteiger charge is 2.42. The van der Waals surface area contributed by atoms with Crippen molar-refractivity contribution in [1.82, 2.24) is 49.6 Å². The van der Waals surface area contributed by atoms with E-state index in [-0.39, 0.29) is 48.5 Å². The van der Waals surface area contributed by atoms with Gasteiger partial charge < -0.3 is 49.1 Å². The number of nitrogens with zero attached hydrogens (tertiary/aromatic N) is 6. The summed E-state index contributed by atoms with van der Waals surface area (Å²) in [5.74, 6) is -3.01. The fourth-order valence-corrected chi connectivity index (χ4v) is 19.9. The number of benzene rings is 11. The van der Waals surface area contributed by atoms with E-state index in [4.69, 9.17) is 53.8 Å². The number of H-pyrrole nitrogens is 5. The van der Waals surface area contributed by atoms with Crippen LogP contribution in [0.5, 0.6) is 5.75 Å². The van der Waals surface area contributed by atoms with Gasteiger partial charge in [0.15, 0.2) is 11.6 Å². The molecule has 0 radical (unpaired) electrons. The van der Waals surface area contributed by atoms with E-state index in [2.05, 4.69) is 81.0 Å². The number of hydroxylamine groups is 2. The van der Waals surface area contributed by atoms with Gasteiger partial charge in [-0.15, -0.1) is 0 Å². The number of aromatic nitrogens is 5. The molecule has 0 aliphatic carbocycles. The van der Waals surface area contributed by atoms with E-state index in [0.717, 1.165) is 144 Å². The van der Waals surface area contributed by atoms with Crippen LogP contribution in [0.4, 0.5) is 46.8 Å². The molecule has 5 unspecified atom stereocenters. The standard InChI is InChI=1S/C24H19BrN2O2.C21H20ClFN2O2.C20H17ClF2N2O2.C20H18ClN3O4.C17H13BrF2N2O/c25-17-11-12-21-20(15-17)19-13-14-27(24(28)29-18-9-5-2-6-10-18)23(22(19)26-21)16-7-3-1-4-8-16;1-2-10-27-21(26)25-9-8-16-17-12-14(22)6-7-18(17)24-19(16)20(25)13-4-3-5-15(23)11-13;1-2-27-20(26)25-6-5-15-16-9-12(21)3-4-17(16)24-18(15)19(25)11-7-13(22)10-14(23)8-11;1-2-28-20(25)23-10-9-15-16-11-13(21)5-8-17(16)22-18(15)19(23)12-3-6-14(7-4-12)24(26)27;18-9-4-5-14-12(8-9)10-6-7-22(23)17(16(10)21-14)11-2-1-3-13(19)15(11)20/h1-12,15,23,26H,13-14H2;3-7,11-12,20,24H,2,8-10H2,1H3;3-4,7-10,19,24H,2,5-6H2,1H3;3-8,11,19,22H,2,9-10H2,1H3;1-5,8,17,21,23H,6-7H2. The second-order valence-corrected chi connectivity index (χ2v) is 35.7. The second-order valence-electron chi connectivity index (χ2n) is 32.6. The Morgan fingerprint density at radius 2 is 0.776 bits per heavy atom. The van der Waals surface area contributed by atoms with Gasteiger partial charge in [-0.2, -0.15) is 5.06 Å². The van der Waals surface area contributed by atoms with Gasteiger partial charge in [0.1, 0.15) is 53.4 Å². The zero-order chi connectivity index (χ0) is 93.9. The number of carbonyl (C=O) groups is 4. The Labute approximate surface area is 797 Å². The average Bonchev–Trinajstić information content (AvgIpc) is 1.61. The highest BCUT2D eigenvalue weighted by atomic mass is 79.9. The van der Waals surface area contributed by atoms with Crippen molar-refractivity contribution in [2.75, 3.05) is 52.5 Å². The largest absolute Gasteiger partial charge is 0.450 e. The lowest BCUT2D eigenvalue weighted by atomic mass is 9.92. The zero-order valence-corrected chi connectivity index (χ0v) is 77.7. The van der Waals surface area contributed by atoms with E-state index >= 15 is 0 Å². The van der Waals surface area contributed by atoms with Crippen LogP contribution in [0.3, 0.4) is 0 Å². The fourth-order valence-electron chi connectivity index (χ4n) is 18.7. The van der Waals surface area contributed by atoms with Gasteiger partial charge in [0.05, 0.1) is 24.7 Å². The Kier molecular flexibility index (Phi) is 28.0. The summed E-state index contributed by atoms with van der Waals surface area (Å²) < 4.78 is 93.0. The van der Waals surface area contributed by atoms with Crippen molar-refractivity contribution in [3.8, 4) is 5.75 Å². The minimum absolute atomic E-state index is 0.00546. The van der Waals surface area contributed by atoms with Crippen LogP contribution in [-0.2, 0) is 46.3 Å². The number of amides is 4. The molecule has 5 aliphatic heterocycles. The molecule has 686 valence electrons. The molecule has 0 saturated heterocycles. The van der Waals surface area contributed by atoms with Crippen LogP contribution in [0.1, 0.15) is 142 Å². The number of nitrogens with one attached hydrogen (secondary N) is 5. The van der Waals surface area contributed by atoms with Crippen molar-refractivity contribution < 1.29 is 70.2 Å². The van der Waals surface area contributed by atoms with Gasteiger partial charge in [-0.25, -0.2) is 41.1 Å². The Morgan fingerprint density at radius 3 is 1.22 bits per heavy atom. The molecule has 4 amide bonds. The quantitative estimate of drug-likeness (QED) is 0.0306. The molecular weight excluding hydrogens is 1920 g/mol. The number of rotatable bonds is 11. The SMILES string of the molecule is CCCOC(=O)N1CCc2c([nH]c3ccc(Cl)cc23)C1c1cccc(F)c1.CCOC(=O)N1CCc2c([nH]c3ccc(Cl)cc23)C1c1cc(F)cc(F)c1.CCOC(=O)N1CCc2c([nH]c3ccc(Cl)cc23)C1c1ccc([N+](=O)[O-])cc1.O=C(Oc1ccccc1)N1CCc2c([nH]c3ccc(Br)cc23)C1c1ccccc1.ON1CCc2c([nH]c3ccc(Br)cc23)C1c1cccc(F)c1F. The first-order valence-corrected chi connectivity index (χ1v) is 46.3. The number of para-hydroxylation sites is 1. The van der Waals surface area contributed by atoms with E-state index in [1.807, 2.05) is 127 Å². The number of carbonyl (C=O) groups excluding carboxylic acids is 4. The van der Waals surface area contributed by atoms with Crippen LogP contribution in [0.2, 0.25) is 15.1 Å². The second kappa shape index (κ2) is 40.4. The highest BCUT2D eigenvalue weighted by Crippen LogP contribution is 2.47. The lowest BCUT2D eigenvalue weighted by molar-refractivity contribution is -0.384. The van der Waals surface area contributed by atoms with Crippen molar-refractivity contribution in [1.29, 1.82) is 0 Å². The third-order valence-corrected chi connectivity index (χ3v) is 26.1. The molecule has 11 aromatic carbocycles. The number of fused-ring (bicyclic) bond motifs is 15. The molecule has 5 aliphatic rings. The van der Waals surface area contributed by atoms with Crippen molar-refractivity contribution >= 4 is 151 Å². The number of hydrogen-bond donors (Lipinski definition) is 6. The maximum absolute atomic E-state index is 14.2. The summed E-state index contributed by atoms with van der Waals surface area (Å²) in [5.41, 5.74) is 17.5. The van der Waals surface area contributed by atoms with Crippen molar-refractivity contribution in [2.24, 2.45) is 0 Å². The van der Waals surface area contributed by atoms with Crippen LogP contribution in [0, 0.1) is 39.2 Å². The third kappa shape index (κ3) is 19.3. The van der Waals surface area contributed by atoms with Crippen LogP contribution in [0.15, 0.2) is 246 Å². The first-order chi connectivity index (χ1) is 64.8.